The molecule has 1 amide bonds. The standard InChI is InChI=1S/C17H19F2N3O3S/c1-21-11-13(26(24,25)22-7-3-2-4-8-22)10-16(21)17(23)20-12-5-6-14(18)15(19)9-12/h5-6,9-11H,2-4,7-8H2,1H3,(H,20,23). The molecule has 1 aromatic carbocycles. The Kier molecular flexibility index (Phi) is 5.10. The Morgan fingerprint density at radius 1 is 1.08 bits per heavy atom. The number of aromatic nitrogens is 1. The molecule has 6 nitrogen and oxygen atoms in total. The first kappa shape index (κ1) is 18.5. The van der Waals surface area contributed by atoms with Gasteiger partial charge >= 0.3 is 0 Å². The van der Waals surface area contributed by atoms with E-state index in [9.17, 15) is 22.0 Å². The van der Waals surface area contributed by atoms with Gasteiger partial charge in [-0.1, -0.05) is 6.42 Å². The Morgan fingerprint density at radius 2 is 1.77 bits per heavy atom. The highest BCUT2D eigenvalue weighted by molar-refractivity contribution is 7.89. The van der Waals surface area contributed by atoms with E-state index in [-0.39, 0.29) is 16.3 Å². The summed E-state index contributed by atoms with van der Waals surface area (Å²) >= 11 is 0. The van der Waals surface area contributed by atoms with Crippen molar-refractivity contribution in [3.63, 3.8) is 0 Å². The fourth-order valence-electron chi connectivity index (χ4n) is 2.92. The molecule has 2 heterocycles. The van der Waals surface area contributed by atoms with Gasteiger partial charge < -0.3 is 9.88 Å². The topological polar surface area (TPSA) is 71.4 Å². The van der Waals surface area contributed by atoms with Crippen molar-refractivity contribution in [3.8, 4) is 0 Å². The van der Waals surface area contributed by atoms with Crippen LogP contribution < -0.4 is 5.32 Å². The molecular formula is C17H19F2N3O3S. The lowest BCUT2D eigenvalue weighted by Crippen LogP contribution is -2.35. The summed E-state index contributed by atoms with van der Waals surface area (Å²) in [6.07, 6.45) is 4.01. The van der Waals surface area contributed by atoms with E-state index in [2.05, 4.69) is 5.32 Å². The number of sulfonamides is 1. The van der Waals surface area contributed by atoms with E-state index in [1.807, 2.05) is 0 Å². The summed E-state index contributed by atoms with van der Waals surface area (Å²) in [6.45, 7) is 0.932. The number of carbonyl (C=O) groups is 1. The molecule has 1 fully saturated rings. The molecule has 26 heavy (non-hydrogen) atoms. The van der Waals surface area contributed by atoms with E-state index < -0.39 is 27.6 Å². The van der Waals surface area contributed by atoms with Crippen LogP contribution in [0.15, 0.2) is 35.4 Å². The normalized spacial score (nSPS) is 15.8. The van der Waals surface area contributed by atoms with Gasteiger partial charge in [-0.25, -0.2) is 17.2 Å². The Labute approximate surface area is 150 Å². The van der Waals surface area contributed by atoms with Gasteiger partial charge in [-0.05, 0) is 31.0 Å². The first-order valence-corrected chi connectivity index (χ1v) is 9.66. The second-order valence-corrected chi connectivity index (χ2v) is 8.16. The average molecular weight is 383 g/mol. The highest BCUT2D eigenvalue weighted by atomic mass is 32.2. The average Bonchev–Trinajstić information content (AvgIpc) is 3.02. The third kappa shape index (κ3) is 3.63. The largest absolute Gasteiger partial charge is 0.345 e. The van der Waals surface area contributed by atoms with E-state index in [1.54, 1.807) is 7.05 Å². The van der Waals surface area contributed by atoms with Crippen LogP contribution in [-0.2, 0) is 17.1 Å². The van der Waals surface area contributed by atoms with E-state index >= 15 is 0 Å². The number of amides is 1. The minimum atomic E-state index is -3.66. The van der Waals surface area contributed by atoms with Gasteiger partial charge in [-0.2, -0.15) is 4.31 Å². The zero-order chi connectivity index (χ0) is 18.9. The van der Waals surface area contributed by atoms with Gasteiger partial charge in [0.05, 0.1) is 0 Å². The Morgan fingerprint density at radius 3 is 2.42 bits per heavy atom. The van der Waals surface area contributed by atoms with Crippen molar-refractivity contribution < 1.29 is 22.0 Å². The quantitative estimate of drug-likeness (QED) is 0.883. The molecule has 1 N–H and O–H groups in total. The number of rotatable bonds is 4. The smallest absolute Gasteiger partial charge is 0.272 e. The second kappa shape index (κ2) is 7.16. The summed E-state index contributed by atoms with van der Waals surface area (Å²) in [5, 5.41) is 2.44. The maximum atomic E-state index is 13.3. The van der Waals surface area contributed by atoms with Crippen molar-refractivity contribution in [2.24, 2.45) is 7.05 Å². The van der Waals surface area contributed by atoms with Crippen molar-refractivity contribution in [3.05, 3.63) is 47.8 Å². The molecule has 140 valence electrons. The van der Waals surface area contributed by atoms with Crippen molar-refractivity contribution in [2.45, 2.75) is 24.2 Å². The molecule has 0 saturated carbocycles. The van der Waals surface area contributed by atoms with Crippen molar-refractivity contribution in [1.82, 2.24) is 8.87 Å². The Bertz CT molecular complexity index is 935. The van der Waals surface area contributed by atoms with Gasteiger partial charge in [0.25, 0.3) is 5.91 Å². The molecule has 0 spiro atoms. The summed E-state index contributed by atoms with van der Waals surface area (Å²) in [4.78, 5) is 12.4. The first-order chi connectivity index (χ1) is 12.3. The monoisotopic (exact) mass is 383 g/mol. The maximum absolute atomic E-state index is 13.3. The van der Waals surface area contributed by atoms with Crippen LogP contribution >= 0.6 is 0 Å². The first-order valence-electron chi connectivity index (χ1n) is 8.22. The van der Waals surface area contributed by atoms with E-state index in [0.29, 0.717) is 13.1 Å². The Balaban J connectivity index is 1.83. The SMILES string of the molecule is Cn1cc(S(=O)(=O)N2CCCCC2)cc1C(=O)Nc1ccc(F)c(F)c1. The number of hydrogen-bond donors (Lipinski definition) is 1. The lowest BCUT2D eigenvalue weighted by molar-refractivity contribution is 0.101. The number of halogens is 2. The lowest BCUT2D eigenvalue weighted by atomic mass is 10.2. The van der Waals surface area contributed by atoms with Crippen LogP contribution in [0, 0.1) is 11.6 Å². The summed E-state index contributed by atoms with van der Waals surface area (Å²) in [6, 6.07) is 4.29. The molecule has 1 aliphatic heterocycles. The highest BCUT2D eigenvalue weighted by Gasteiger charge is 2.28. The summed E-state index contributed by atoms with van der Waals surface area (Å²) in [5.74, 6) is -2.71. The predicted molar refractivity (Wildman–Crippen MR) is 92.3 cm³/mol. The van der Waals surface area contributed by atoms with Crippen LogP contribution in [0.4, 0.5) is 14.5 Å². The van der Waals surface area contributed by atoms with Gasteiger partial charge in [0.15, 0.2) is 11.6 Å². The molecular weight excluding hydrogens is 364 g/mol. The second-order valence-electron chi connectivity index (χ2n) is 6.22. The van der Waals surface area contributed by atoms with Crippen LogP contribution in [0.2, 0.25) is 0 Å². The molecule has 0 atom stereocenters. The van der Waals surface area contributed by atoms with Crippen molar-refractivity contribution >= 4 is 21.6 Å². The molecule has 2 aromatic rings. The molecule has 3 rings (SSSR count). The molecule has 1 saturated heterocycles. The molecule has 0 unspecified atom stereocenters. The summed E-state index contributed by atoms with van der Waals surface area (Å²) in [5.41, 5.74) is 0.181. The van der Waals surface area contributed by atoms with E-state index in [4.69, 9.17) is 0 Å². The van der Waals surface area contributed by atoms with Crippen LogP contribution in [0.25, 0.3) is 0 Å². The van der Waals surface area contributed by atoms with Gasteiger partial charge in [-0.15, -0.1) is 0 Å². The molecule has 9 heteroatoms. The van der Waals surface area contributed by atoms with Crippen molar-refractivity contribution in [2.75, 3.05) is 18.4 Å². The number of piperidine rings is 1. The molecule has 0 radical (unpaired) electrons. The maximum Gasteiger partial charge on any atom is 0.272 e. The van der Waals surface area contributed by atoms with Gasteiger partial charge in [-0.3, -0.25) is 4.79 Å². The van der Waals surface area contributed by atoms with Crippen LogP contribution in [0.5, 0.6) is 0 Å². The summed E-state index contributed by atoms with van der Waals surface area (Å²) < 4.78 is 54.5. The van der Waals surface area contributed by atoms with E-state index in [1.165, 1.54) is 27.2 Å². The van der Waals surface area contributed by atoms with Crippen LogP contribution in [-0.4, -0.2) is 36.3 Å². The van der Waals surface area contributed by atoms with Gasteiger partial charge in [0.2, 0.25) is 10.0 Å². The van der Waals surface area contributed by atoms with E-state index in [0.717, 1.165) is 31.4 Å². The number of nitrogens with one attached hydrogen (secondary N) is 1. The van der Waals surface area contributed by atoms with Crippen molar-refractivity contribution in [1.29, 1.82) is 0 Å². The lowest BCUT2D eigenvalue weighted by Gasteiger charge is -2.25. The zero-order valence-corrected chi connectivity index (χ0v) is 15.0. The highest BCUT2D eigenvalue weighted by Crippen LogP contribution is 2.23. The molecule has 0 bridgehead atoms. The molecule has 1 aliphatic rings. The third-order valence-electron chi connectivity index (χ3n) is 4.34. The number of benzene rings is 1. The zero-order valence-electron chi connectivity index (χ0n) is 14.2. The summed E-state index contributed by atoms with van der Waals surface area (Å²) in [7, 11) is -2.11. The fourth-order valence-corrected chi connectivity index (χ4v) is 4.51. The van der Waals surface area contributed by atoms with Gasteiger partial charge in [0, 0.05) is 38.1 Å². The Hall–Kier alpha value is -2.26. The predicted octanol–water partition coefficient (Wildman–Crippen LogP) is 2.73. The van der Waals surface area contributed by atoms with Gasteiger partial charge in [0.1, 0.15) is 10.6 Å². The third-order valence-corrected chi connectivity index (χ3v) is 6.21. The number of hydrogen-bond acceptors (Lipinski definition) is 3. The number of carbonyl (C=O) groups excluding carboxylic acids is 1. The molecule has 1 aromatic heterocycles. The fraction of sp³-hybridized carbons (Fsp3) is 0.353. The number of nitrogens with zero attached hydrogens (tertiary/aromatic N) is 2. The molecule has 0 aliphatic carbocycles. The van der Waals surface area contributed by atoms with Crippen LogP contribution in [0.3, 0.4) is 0 Å². The minimum Gasteiger partial charge on any atom is -0.345 e. The number of anilines is 1. The van der Waals surface area contributed by atoms with Crippen LogP contribution in [0.1, 0.15) is 29.8 Å². The number of aryl methyl sites for hydroxylation is 1. The minimum absolute atomic E-state index is 0.0392.